The van der Waals surface area contributed by atoms with E-state index in [0.717, 1.165) is 79.0 Å². The van der Waals surface area contributed by atoms with Gasteiger partial charge < -0.3 is 15.3 Å². The monoisotopic (exact) mass is 479 g/mol. The molecular weight excluding hydrogens is 446 g/mol. The first-order valence-electron chi connectivity index (χ1n) is 13.1. The third-order valence-electron chi connectivity index (χ3n) is 7.33. The Kier molecular flexibility index (Phi) is 6.49. The minimum absolute atomic E-state index is 0.298. The summed E-state index contributed by atoms with van der Waals surface area (Å²) in [6.45, 7) is 3.12. The molecule has 1 aliphatic carbocycles. The minimum atomic E-state index is 0.298. The maximum absolute atomic E-state index is 5.86. The molecule has 3 aromatic heterocycles. The lowest BCUT2D eigenvalue weighted by Crippen LogP contribution is -2.34. The maximum Gasteiger partial charge on any atom is 0.127 e. The molecule has 2 aromatic carbocycles. The van der Waals surface area contributed by atoms with Gasteiger partial charge in [0.2, 0.25) is 0 Å². The van der Waals surface area contributed by atoms with Crippen molar-refractivity contribution in [3.05, 3.63) is 89.8 Å². The third-order valence-corrected chi connectivity index (χ3v) is 7.33. The van der Waals surface area contributed by atoms with E-state index in [0.29, 0.717) is 12.6 Å². The Hall–Kier alpha value is -3.55. The Balaban J connectivity index is 1.37. The van der Waals surface area contributed by atoms with Crippen LogP contribution in [0.1, 0.15) is 54.6 Å². The number of imidazole rings is 2. The molecule has 0 amide bonds. The second-order valence-corrected chi connectivity index (χ2v) is 9.73. The van der Waals surface area contributed by atoms with Crippen LogP contribution in [0.5, 0.6) is 0 Å². The van der Waals surface area contributed by atoms with Gasteiger partial charge in [-0.05, 0) is 81.1 Å². The zero-order valence-corrected chi connectivity index (χ0v) is 20.6. The van der Waals surface area contributed by atoms with E-state index in [2.05, 4.69) is 63.0 Å². The van der Waals surface area contributed by atoms with Crippen LogP contribution in [0, 0.1) is 0 Å². The molecule has 0 saturated heterocycles. The molecule has 6 rings (SSSR count). The summed E-state index contributed by atoms with van der Waals surface area (Å²) in [6.07, 6.45) is 7.45. The summed E-state index contributed by atoms with van der Waals surface area (Å²) in [5, 5.41) is 0. The van der Waals surface area contributed by atoms with Crippen molar-refractivity contribution in [1.82, 2.24) is 29.4 Å². The molecule has 0 spiro atoms. The number of H-pyrrole nitrogens is 1. The average molecular weight is 480 g/mol. The van der Waals surface area contributed by atoms with Crippen molar-refractivity contribution >= 4 is 22.1 Å². The Bertz CT molecular complexity index is 1430. The highest BCUT2D eigenvalue weighted by molar-refractivity contribution is 5.77. The predicted molar refractivity (Wildman–Crippen MR) is 144 cm³/mol. The van der Waals surface area contributed by atoms with Crippen LogP contribution < -0.4 is 5.73 Å². The first kappa shape index (κ1) is 22.9. The number of hydrogen-bond acceptors (Lipinski definition) is 5. The van der Waals surface area contributed by atoms with Gasteiger partial charge in [-0.15, -0.1) is 0 Å². The minimum Gasteiger partial charge on any atom is -0.340 e. The number of hydrogen-bond donors (Lipinski definition) is 2. The Morgan fingerprint density at radius 1 is 0.972 bits per heavy atom. The van der Waals surface area contributed by atoms with Crippen molar-refractivity contribution in [3.63, 3.8) is 0 Å². The zero-order valence-electron chi connectivity index (χ0n) is 20.6. The zero-order chi connectivity index (χ0) is 24.3. The molecule has 0 saturated carbocycles. The number of fused-ring (bicyclic) bond motifs is 3. The number of aromatic amines is 1. The number of nitrogens with zero attached hydrogens (tertiary/aromatic N) is 5. The quantitative estimate of drug-likeness (QED) is 0.291. The fourth-order valence-electron chi connectivity index (χ4n) is 5.58. The molecule has 5 aromatic rings. The topological polar surface area (TPSA) is 88.6 Å². The molecule has 1 aliphatic rings. The predicted octanol–water partition coefficient (Wildman–Crippen LogP) is 4.97. The van der Waals surface area contributed by atoms with Crippen molar-refractivity contribution < 1.29 is 0 Å². The molecule has 3 N–H and O–H groups in total. The highest BCUT2D eigenvalue weighted by Crippen LogP contribution is 2.34. The third kappa shape index (κ3) is 4.52. The van der Waals surface area contributed by atoms with Crippen LogP contribution in [0.25, 0.3) is 22.1 Å². The summed E-state index contributed by atoms with van der Waals surface area (Å²) in [5.41, 5.74) is 12.7. The van der Waals surface area contributed by atoms with Gasteiger partial charge in [-0.25, -0.2) is 9.97 Å². The number of nitrogens with one attached hydrogen (secondary N) is 1. The molecular formula is C29H33N7. The number of unbranched alkanes of at least 4 members (excludes halogenated alkanes) is 1. The van der Waals surface area contributed by atoms with E-state index in [-0.39, 0.29) is 0 Å². The lowest BCUT2D eigenvalue weighted by molar-refractivity contribution is 0.157. The SMILES string of the molecule is NCCCCN(Cc1nc2ccccc2n1Cc1nc2ccccc2[nH]1)[C@H]1CCCc2cccnc21. The number of para-hydroxylation sites is 4. The molecule has 0 unspecified atom stereocenters. The van der Waals surface area contributed by atoms with Crippen LogP contribution in [0.4, 0.5) is 0 Å². The molecule has 0 bridgehead atoms. The molecule has 3 heterocycles. The largest absolute Gasteiger partial charge is 0.340 e. The fourth-order valence-corrected chi connectivity index (χ4v) is 5.58. The van der Waals surface area contributed by atoms with Crippen molar-refractivity contribution in [2.24, 2.45) is 5.73 Å². The van der Waals surface area contributed by atoms with E-state index < -0.39 is 0 Å². The standard InChI is InChI=1S/C29H33N7/c30-16-5-6-18-35(26-15-7-9-21-10-8-17-31-29(21)26)20-28-34-24-13-3-4-14-25(24)36(28)19-27-32-22-11-1-2-12-23(22)33-27/h1-4,8,10-14,17,26H,5-7,9,15-16,18-20,30H2,(H,32,33)/t26-/m0/s1. The molecule has 0 fully saturated rings. The van der Waals surface area contributed by atoms with Gasteiger partial charge in [0, 0.05) is 6.20 Å². The van der Waals surface area contributed by atoms with Crippen LogP contribution in [-0.2, 0) is 19.5 Å². The summed E-state index contributed by atoms with van der Waals surface area (Å²) in [4.78, 5) is 20.9. The second kappa shape index (κ2) is 10.2. The summed E-state index contributed by atoms with van der Waals surface area (Å²) in [5.74, 6) is 2.01. The molecule has 0 aliphatic heterocycles. The number of nitrogens with two attached hydrogens (primary N) is 1. The molecule has 7 heteroatoms. The first-order chi connectivity index (χ1) is 17.8. The molecule has 7 nitrogen and oxygen atoms in total. The lowest BCUT2D eigenvalue weighted by Gasteiger charge is -2.35. The van der Waals surface area contributed by atoms with Crippen LogP contribution in [-0.4, -0.2) is 42.5 Å². The Morgan fingerprint density at radius 3 is 2.72 bits per heavy atom. The van der Waals surface area contributed by atoms with Gasteiger partial charge in [-0.1, -0.05) is 30.3 Å². The van der Waals surface area contributed by atoms with Crippen molar-refractivity contribution in [2.75, 3.05) is 13.1 Å². The number of benzene rings is 2. The first-order valence-corrected chi connectivity index (χ1v) is 13.1. The molecule has 184 valence electrons. The van der Waals surface area contributed by atoms with Gasteiger partial charge in [0.05, 0.1) is 46.9 Å². The van der Waals surface area contributed by atoms with Crippen molar-refractivity contribution in [3.8, 4) is 0 Å². The van der Waals surface area contributed by atoms with Crippen LogP contribution in [0.2, 0.25) is 0 Å². The normalized spacial score (nSPS) is 15.7. The summed E-state index contributed by atoms with van der Waals surface area (Å²) in [7, 11) is 0. The van der Waals surface area contributed by atoms with E-state index >= 15 is 0 Å². The summed E-state index contributed by atoms with van der Waals surface area (Å²) in [6, 6.07) is 21.2. The van der Waals surface area contributed by atoms with E-state index in [1.54, 1.807) is 0 Å². The molecule has 36 heavy (non-hydrogen) atoms. The smallest absolute Gasteiger partial charge is 0.127 e. The molecule has 0 radical (unpaired) electrons. The van der Waals surface area contributed by atoms with Crippen molar-refractivity contribution in [2.45, 2.75) is 51.2 Å². The van der Waals surface area contributed by atoms with Gasteiger partial charge in [0.15, 0.2) is 0 Å². The summed E-state index contributed by atoms with van der Waals surface area (Å²) < 4.78 is 2.32. The highest BCUT2D eigenvalue weighted by Gasteiger charge is 2.28. The van der Waals surface area contributed by atoms with Crippen molar-refractivity contribution in [1.29, 1.82) is 0 Å². The van der Waals surface area contributed by atoms with Crippen LogP contribution in [0.15, 0.2) is 66.9 Å². The lowest BCUT2D eigenvalue weighted by atomic mass is 9.90. The number of aryl methyl sites for hydroxylation is 1. The number of pyridine rings is 1. The highest BCUT2D eigenvalue weighted by atomic mass is 15.2. The Labute approximate surface area is 211 Å². The molecule has 1 atom stereocenters. The number of rotatable bonds is 9. The van der Waals surface area contributed by atoms with Gasteiger partial charge in [0.1, 0.15) is 11.6 Å². The van der Waals surface area contributed by atoms with E-state index in [1.165, 1.54) is 17.7 Å². The summed E-state index contributed by atoms with van der Waals surface area (Å²) >= 11 is 0. The van der Waals surface area contributed by atoms with E-state index in [1.807, 2.05) is 18.3 Å². The van der Waals surface area contributed by atoms with Gasteiger partial charge in [0.25, 0.3) is 0 Å². The fraction of sp³-hybridized carbons (Fsp3) is 0.345. The Morgan fingerprint density at radius 2 is 1.83 bits per heavy atom. The van der Waals surface area contributed by atoms with E-state index in [4.69, 9.17) is 20.7 Å². The van der Waals surface area contributed by atoms with Crippen LogP contribution in [0.3, 0.4) is 0 Å². The average Bonchev–Trinajstić information content (AvgIpc) is 3.49. The second-order valence-electron chi connectivity index (χ2n) is 9.73. The van der Waals surface area contributed by atoms with Gasteiger partial charge in [-0.2, -0.15) is 0 Å². The number of aromatic nitrogens is 5. The van der Waals surface area contributed by atoms with Gasteiger partial charge in [-0.3, -0.25) is 9.88 Å². The van der Waals surface area contributed by atoms with E-state index in [9.17, 15) is 0 Å². The van der Waals surface area contributed by atoms with Crippen LogP contribution >= 0.6 is 0 Å². The van der Waals surface area contributed by atoms with Gasteiger partial charge >= 0.3 is 0 Å². The maximum atomic E-state index is 5.86.